The lowest BCUT2D eigenvalue weighted by Gasteiger charge is -1.98. The zero-order valence-corrected chi connectivity index (χ0v) is 10.2. The van der Waals surface area contributed by atoms with Gasteiger partial charge in [-0.15, -0.1) is 28.0 Å². The molecule has 0 aromatic carbocycles. The molecule has 0 amide bonds. The van der Waals surface area contributed by atoms with Gasteiger partial charge in [-0.05, 0) is 43.4 Å². The number of thiophene rings is 1. The molecule has 0 unspecified atom stereocenters. The molecule has 7 heteroatoms. The van der Waals surface area contributed by atoms with Crippen molar-refractivity contribution in [3.63, 3.8) is 0 Å². The lowest BCUT2D eigenvalue weighted by Crippen LogP contribution is -2.04. The number of aromatic nitrogens is 4. The molecule has 0 aliphatic rings. The van der Waals surface area contributed by atoms with E-state index in [0.29, 0.717) is 18.2 Å². The minimum absolute atomic E-state index is 0.332. The van der Waals surface area contributed by atoms with Crippen LogP contribution in [0.25, 0.3) is 0 Å². The fourth-order valence-electron chi connectivity index (χ4n) is 1.04. The van der Waals surface area contributed by atoms with Crippen LogP contribution in [0, 0.1) is 0 Å². The molecule has 0 spiro atoms. The first-order chi connectivity index (χ1) is 6.79. The molecule has 0 aliphatic carbocycles. The van der Waals surface area contributed by atoms with E-state index in [0.717, 1.165) is 3.79 Å². The Morgan fingerprint density at radius 1 is 1.57 bits per heavy atom. The van der Waals surface area contributed by atoms with Crippen LogP contribution in [0.3, 0.4) is 0 Å². The molecule has 0 bridgehead atoms. The van der Waals surface area contributed by atoms with Crippen LogP contribution in [0.15, 0.2) is 15.2 Å². The molecule has 2 aromatic rings. The summed E-state index contributed by atoms with van der Waals surface area (Å²) in [5, 5.41) is 13.3. The van der Waals surface area contributed by atoms with Gasteiger partial charge in [-0.25, -0.2) is 4.68 Å². The minimum atomic E-state index is 0.332. The smallest absolute Gasteiger partial charge is 0.166 e. The van der Waals surface area contributed by atoms with Crippen molar-refractivity contribution in [2.45, 2.75) is 12.4 Å². The zero-order valence-electron chi connectivity index (χ0n) is 7.02. The molecular weight excluding hydrogens is 288 g/mol. The second kappa shape index (κ2) is 4.37. The van der Waals surface area contributed by atoms with E-state index in [1.165, 1.54) is 5.56 Å². The molecule has 74 valence electrons. The van der Waals surface area contributed by atoms with Gasteiger partial charge in [-0.3, -0.25) is 0 Å². The molecule has 0 fully saturated rings. The number of hydrogen-bond donors (Lipinski definition) is 0. The first kappa shape index (κ1) is 10.1. The van der Waals surface area contributed by atoms with Gasteiger partial charge in [0.15, 0.2) is 5.82 Å². The van der Waals surface area contributed by atoms with E-state index < -0.39 is 0 Å². The van der Waals surface area contributed by atoms with Crippen molar-refractivity contribution in [2.75, 3.05) is 0 Å². The summed E-state index contributed by atoms with van der Waals surface area (Å²) in [6, 6.07) is 2.05. The van der Waals surface area contributed by atoms with Gasteiger partial charge in [0.1, 0.15) is 0 Å². The van der Waals surface area contributed by atoms with Gasteiger partial charge in [0.05, 0.1) is 16.2 Å². The predicted octanol–water partition coefficient (Wildman–Crippen LogP) is 2.28. The highest BCUT2D eigenvalue weighted by Gasteiger charge is 2.05. The van der Waals surface area contributed by atoms with Crippen LogP contribution in [-0.4, -0.2) is 20.2 Å². The Morgan fingerprint density at radius 2 is 2.43 bits per heavy atom. The largest absolute Gasteiger partial charge is 0.224 e. The fourth-order valence-corrected chi connectivity index (χ4v) is 2.44. The summed E-state index contributed by atoms with van der Waals surface area (Å²) in [5.74, 6) is 1.02. The first-order valence-corrected chi connectivity index (χ1v) is 6.04. The second-order valence-corrected chi connectivity index (χ2v) is 5.20. The van der Waals surface area contributed by atoms with Gasteiger partial charge in [0.2, 0.25) is 0 Å². The number of tetrazole rings is 1. The molecule has 4 nitrogen and oxygen atoms in total. The molecular formula is C7H6BrClN4S. The molecule has 2 rings (SSSR count). The van der Waals surface area contributed by atoms with E-state index in [1.807, 2.05) is 6.07 Å². The predicted molar refractivity (Wildman–Crippen MR) is 58.5 cm³/mol. The Labute approximate surface area is 98.0 Å². The highest BCUT2D eigenvalue weighted by molar-refractivity contribution is 9.11. The summed E-state index contributed by atoms with van der Waals surface area (Å²) in [4.78, 5) is 0. The van der Waals surface area contributed by atoms with Gasteiger partial charge >= 0.3 is 0 Å². The van der Waals surface area contributed by atoms with E-state index >= 15 is 0 Å². The summed E-state index contributed by atoms with van der Waals surface area (Å²) < 4.78 is 2.80. The molecule has 2 aromatic heterocycles. The Kier molecular flexibility index (Phi) is 3.15. The van der Waals surface area contributed by atoms with Crippen molar-refractivity contribution >= 4 is 38.9 Å². The standard InChI is InChI=1S/C7H6BrClN4S/c8-6-1-5(4-14-6)3-13-7(2-9)10-11-12-13/h1,4H,2-3H2. The Balaban J connectivity index is 2.18. The fraction of sp³-hybridized carbons (Fsp3) is 0.286. The molecule has 0 N–H and O–H groups in total. The lowest BCUT2D eigenvalue weighted by molar-refractivity contribution is 0.631. The third-order valence-electron chi connectivity index (χ3n) is 1.68. The maximum atomic E-state index is 5.67. The van der Waals surface area contributed by atoms with Crippen molar-refractivity contribution in [1.29, 1.82) is 0 Å². The van der Waals surface area contributed by atoms with E-state index in [2.05, 4.69) is 36.8 Å². The van der Waals surface area contributed by atoms with Crippen LogP contribution in [-0.2, 0) is 12.4 Å². The maximum Gasteiger partial charge on any atom is 0.166 e. The van der Waals surface area contributed by atoms with Crippen LogP contribution >= 0.6 is 38.9 Å². The van der Waals surface area contributed by atoms with Gasteiger partial charge in [-0.2, -0.15) is 0 Å². The molecule has 14 heavy (non-hydrogen) atoms. The number of alkyl halides is 1. The summed E-state index contributed by atoms with van der Waals surface area (Å²) >= 11 is 10.7. The van der Waals surface area contributed by atoms with Crippen molar-refractivity contribution < 1.29 is 0 Å². The van der Waals surface area contributed by atoms with E-state index in [9.17, 15) is 0 Å². The average Bonchev–Trinajstić information content (AvgIpc) is 2.76. The maximum absolute atomic E-state index is 5.67. The van der Waals surface area contributed by atoms with Crippen LogP contribution in [0.5, 0.6) is 0 Å². The number of rotatable bonds is 3. The number of hydrogen-bond acceptors (Lipinski definition) is 4. The summed E-state index contributed by atoms with van der Waals surface area (Å²) in [7, 11) is 0. The molecule has 2 heterocycles. The molecule has 0 saturated carbocycles. The number of halogens is 2. The summed E-state index contributed by atoms with van der Waals surface area (Å²) in [6.45, 7) is 0.664. The van der Waals surface area contributed by atoms with E-state index in [4.69, 9.17) is 11.6 Å². The second-order valence-electron chi connectivity index (χ2n) is 2.65. The van der Waals surface area contributed by atoms with Gasteiger partial charge < -0.3 is 0 Å². The highest BCUT2D eigenvalue weighted by atomic mass is 79.9. The van der Waals surface area contributed by atoms with E-state index in [-0.39, 0.29) is 0 Å². The van der Waals surface area contributed by atoms with Crippen LogP contribution in [0.4, 0.5) is 0 Å². The first-order valence-electron chi connectivity index (χ1n) is 3.83. The third kappa shape index (κ3) is 2.13. The highest BCUT2D eigenvalue weighted by Crippen LogP contribution is 2.21. The Bertz CT molecular complexity index is 427. The topological polar surface area (TPSA) is 43.6 Å². The lowest BCUT2D eigenvalue weighted by atomic mass is 10.3. The van der Waals surface area contributed by atoms with Crippen molar-refractivity contribution in [2.24, 2.45) is 0 Å². The van der Waals surface area contributed by atoms with Crippen LogP contribution in [0.2, 0.25) is 0 Å². The monoisotopic (exact) mass is 292 g/mol. The third-order valence-corrected chi connectivity index (χ3v) is 3.47. The van der Waals surface area contributed by atoms with E-state index in [1.54, 1.807) is 16.0 Å². The normalized spacial score (nSPS) is 10.7. The SMILES string of the molecule is ClCc1nnnn1Cc1csc(Br)c1. The van der Waals surface area contributed by atoms with Crippen molar-refractivity contribution in [3.8, 4) is 0 Å². The number of nitrogens with zero attached hydrogens (tertiary/aromatic N) is 4. The van der Waals surface area contributed by atoms with Crippen molar-refractivity contribution in [3.05, 3.63) is 26.6 Å². The molecule has 0 radical (unpaired) electrons. The Morgan fingerprint density at radius 3 is 3.07 bits per heavy atom. The minimum Gasteiger partial charge on any atom is -0.224 e. The Hall–Kier alpha value is -0.460. The van der Waals surface area contributed by atoms with Crippen molar-refractivity contribution in [1.82, 2.24) is 20.2 Å². The zero-order chi connectivity index (χ0) is 9.97. The molecule has 0 atom stereocenters. The molecule has 0 aliphatic heterocycles. The van der Waals surface area contributed by atoms with Crippen LogP contribution < -0.4 is 0 Å². The molecule has 0 saturated heterocycles. The van der Waals surface area contributed by atoms with Gasteiger partial charge in [0, 0.05) is 0 Å². The van der Waals surface area contributed by atoms with Crippen LogP contribution in [0.1, 0.15) is 11.4 Å². The van der Waals surface area contributed by atoms with Gasteiger partial charge in [0.25, 0.3) is 0 Å². The average molecular weight is 294 g/mol. The summed E-state index contributed by atoms with van der Waals surface area (Å²) in [6.07, 6.45) is 0. The quantitative estimate of drug-likeness (QED) is 0.816. The summed E-state index contributed by atoms with van der Waals surface area (Å²) in [5.41, 5.74) is 1.17. The van der Waals surface area contributed by atoms with Gasteiger partial charge in [-0.1, -0.05) is 0 Å².